The number of pyridine rings is 1. The van der Waals surface area contributed by atoms with E-state index in [4.69, 9.17) is 0 Å². The first-order valence-corrected chi connectivity index (χ1v) is 7.63. The van der Waals surface area contributed by atoms with Crippen LogP contribution in [-0.2, 0) is 11.3 Å². The molecular formula is C15H20N6O2. The fourth-order valence-corrected chi connectivity index (χ4v) is 2.59. The highest BCUT2D eigenvalue weighted by Crippen LogP contribution is 2.12. The van der Waals surface area contributed by atoms with Gasteiger partial charge in [-0.1, -0.05) is 11.3 Å². The molecule has 0 aromatic carbocycles. The van der Waals surface area contributed by atoms with Gasteiger partial charge in [-0.15, -0.1) is 5.10 Å². The predicted octanol–water partition coefficient (Wildman–Crippen LogP) is 0.282. The largest absolute Gasteiger partial charge is 0.464 e. The molecule has 2 aromatic heterocycles. The van der Waals surface area contributed by atoms with Crippen LogP contribution in [0.1, 0.15) is 10.5 Å². The van der Waals surface area contributed by atoms with Crippen molar-refractivity contribution in [1.29, 1.82) is 0 Å². The van der Waals surface area contributed by atoms with Gasteiger partial charge >= 0.3 is 5.97 Å². The Balaban J connectivity index is 1.46. The Morgan fingerprint density at radius 3 is 2.74 bits per heavy atom. The monoisotopic (exact) mass is 316 g/mol. The first-order chi connectivity index (χ1) is 11.3. The molecule has 0 spiro atoms. The molecule has 3 rings (SSSR count). The molecule has 0 saturated carbocycles. The van der Waals surface area contributed by atoms with Gasteiger partial charge in [0, 0.05) is 38.9 Å². The fraction of sp³-hybridized carbons (Fsp3) is 0.467. The van der Waals surface area contributed by atoms with Crippen LogP contribution in [-0.4, -0.2) is 70.7 Å². The van der Waals surface area contributed by atoms with Gasteiger partial charge in [0.2, 0.25) is 0 Å². The normalized spacial score (nSPS) is 15.6. The van der Waals surface area contributed by atoms with Crippen molar-refractivity contribution in [1.82, 2.24) is 24.9 Å². The maximum Gasteiger partial charge on any atom is 0.360 e. The lowest BCUT2D eigenvalue weighted by molar-refractivity contribution is 0.0594. The number of rotatable bonds is 5. The van der Waals surface area contributed by atoms with Gasteiger partial charge in [-0.3, -0.25) is 9.58 Å². The van der Waals surface area contributed by atoms with Gasteiger partial charge in [-0.25, -0.2) is 9.78 Å². The van der Waals surface area contributed by atoms with Crippen molar-refractivity contribution in [3.05, 3.63) is 36.3 Å². The van der Waals surface area contributed by atoms with Crippen LogP contribution in [0, 0.1) is 0 Å². The molecule has 8 nitrogen and oxygen atoms in total. The van der Waals surface area contributed by atoms with Crippen LogP contribution in [0.3, 0.4) is 0 Å². The van der Waals surface area contributed by atoms with Gasteiger partial charge < -0.3 is 9.64 Å². The zero-order chi connectivity index (χ0) is 16.1. The van der Waals surface area contributed by atoms with Crippen LogP contribution in [0.25, 0.3) is 0 Å². The van der Waals surface area contributed by atoms with Crippen molar-refractivity contribution in [2.75, 3.05) is 44.7 Å². The minimum absolute atomic E-state index is 0.243. The number of piperazine rings is 1. The number of nitrogens with zero attached hydrogens (tertiary/aromatic N) is 6. The van der Waals surface area contributed by atoms with E-state index in [1.165, 1.54) is 7.11 Å². The van der Waals surface area contributed by atoms with E-state index in [0.717, 1.165) is 38.5 Å². The Morgan fingerprint density at radius 2 is 2.04 bits per heavy atom. The van der Waals surface area contributed by atoms with E-state index in [9.17, 15) is 4.79 Å². The van der Waals surface area contributed by atoms with Crippen LogP contribution in [0.2, 0.25) is 0 Å². The summed E-state index contributed by atoms with van der Waals surface area (Å²) in [5.74, 6) is 0.575. The molecule has 1 fully saturated rings. The molecule has 1 aliphatic heterocycles. The predicted molar refractivity (Wildman–Crippen MR) is 84.3 cm³/mol. The average Bonchev–Trinajstić information content (AvgIpc) is 3.09. The van der Waals surface area contributed by atoms with Crippen molar-refractivity contribution >= 4 is 11.8 Å². The molecule has 0 unspecified atom stereocenters. The third-order valence-electron chi connectivity index (χ3n) is 3.92. The fourth-order valence-electron chi connectivity index (χ4n) is 2.59. The van der Waals surface area contributed by atoms with E-state index in [2.05, 4.69) is 29.8 Å². The zero-order valence-electron chi connectivity index (χ0n) is 13.1. The molecule has 0 radical (unpaired) electrons. The molecule has 1 aliphatic rings. The summed E-state index contributed by atoms with van der Waals surface area (Å²) in [4.78, 5) is 20.4. The van der Waals surface area contributed by atoms with Crippen LogP contribution < -0.4 is 4.90 Å². The number of anilines is 1. The van der Waals surface area contributed by atoms with Gasteiger partial charge in [-0.05, 0) is 12.1 Å². The summed E-state index contributed by atoms with van der Waals surface area (Å²) in [5.41, 5.74) is 0.243. The van der Waals surface area contributed by atoms with Crippen molar-refractivity contribution in [2.45, 2.75) is 6.54 Å². The molecule has 0 aliphatic carbocycles. The van der Waals surface area contributed by atoms with Gasteiger partial charge in [0.25, 0.3) is 0 Å². The van der Waals surface area contributed by atoms with Gasteiger partial charge in [0.05, 0.1) is 19.9 Å². The third-order valence-corrected chi connectivity index (χ3v) is 3.92. The van der Waals surface area contributed by atoms with Gasteiger partial charge in [-0.2, -0.15) is 0 Å². The van der Waals surface area contributed by atoms with E-state index in [-0.39, 0.29) is 5.69 Å². The molecule has 122 valence electrons. The first kappa shape index (κ1) is 15.4. The summed E-state index contributed by atoms with van der Waals surface area (Å²) in [7, 11) is 1.34. The molecule has 2 aromatic rings. The number of carbonyl (C=O) groups excluding carboxylic acids is 1. The third kappa shape index (κ3) is 3.84. The standard InChI is InChI=1S/C15H20N6O2/c1-23-15(22)13-12-21(18-17-13)11-8-19-6-9-20(10-7-19)14-4-2-3-5-16-14/h2-5,12H,6-11H2,1H3. The maximum atomic E-state index is 11.3. The Bertz CT molecular complexity index is 636. The highest BCUT2D eigenvalue weighted by molar-refractivity contribution is 5.86. The number of carbonyl (C=O) groups is 1. The van der Waals surface area contributed by atoms with E-state index in [1.54, 1.807) is 10.9 Å². The molecule has 0 amide bonds. The summed E-state index contributed by atoms with van der Waals surface area (Å²) >= 11 is 0. The van der Waals surface area contributed by atoms with Crippen molar-refractivity contribution in [3.8, 4) is 0 Å². The minimum atomic E-state index is -0.458. The number of ether oxygens (including phenoxy) is 1. The molecule has 0 N–H and O–H groups in total. The Labute approximate surface area is 134 Å². The molecule has 8 heteroatoms. The molecule has 0 atom stereocenters. The van der Waals surface area contributed by atoms with Crippen LogP contribution in [0.4, 0.5) is 5.82 Å². The second kappa shape index (κ2) is 7.19. The van der Waals surface area contributed by atoms with Gasteiger partial charge in [0.15, 0.2) is 5.69 Å². The number of methoxy groups -OCH3 is 1. The van der Waals surface area contributed by atoms with Crippen LogP contribution >= 0.6 is 0 Å². The lowest BCUT2D eigenvalue weighted by Crippen LogP contribution is -2.47. The first-order valence-electron chi connectivity index (χ1n) is 7.63. The van der Waals surface area contributed by atoms with Crippen LogP contribution in [0.15, 0.2) is 30.6 Å². The number of hydrogen-bond acceptors (Lipinski definition) is 7. The van der Waals surface area contributed by atoms with E-state index < -0.39 is 5.97 Å². The molecular weight excluding hydrogens is 296 g/mol. The Kier molecular flexibility index (Phi) is 4.82. The van der Waals surface area contributed by atoms with E-state index in [0.29, 0.717) is 6.54 Å². The van der Waals surface area contributed by atoms with Crippen molar-refractivity contribution in [2.24, 2.45) is 0 Å². The summed E-state index contributed by atoms with van der Waals surface area (Å²) in [5, 5.41) is 7.76. The lowest BCUT2D eigenvalue weighted by Gasteiger charge is -2.35. The lowest BCUT2D eigenvalue weighted by atomic mass is 10.3. The van der Waals surface area contributed by atoms with Crippen LogP contribution in [0.5, 0.6) is 0 Å². The van der Waals surface area contributed by atoms with Crippen molar-refractivity contribution < 1.29 is 9.53 Å². The van der Waals surface area contributed by atoms with Crippen molar-refractivity contribution in [3.63, 3.8) is 0 Å². The summed E-state index contributed by atoms with van der Waals surface area (Å²) in [6, 6.07) is 5.98. The molecule has 23 heavy (non-hydrogen) atoms. The zero-order valence-corrected chi connectivity index (χ0v) is 13.1. The van der Waals surface area contributed by atoms with E-state index >= 15 is 0 Å². The summed E-state index contributed by atoms with van der Waals surface area (Å²) in [6.07, 6.45) is 3.45. The van der Waals surface area contributed by atoms with E-state index in [1.807, 2.05) is 24.4 Å². The summed E-state index contributed by atoms with van der Waals surface area (Å²) < 4.78 is 6.30. The van der Waals surface area contributed by atoms with Gasteiger partial charge in [0.1, 0.15) is 5.82 Å². The SMILES string of the molecule is COC(=O)c1cn(CCN2CCN(c3ccccn3)CC2)nn1. The Hall–Kier alpha value is -2.48. The summed E-state index contributed by atoms with van der Waals surface area (Å²) in [6.45, 7) is 5.46. The maximum absolute atomic E-state index is 11.3. The average molecular weight is 316 g/mol. The minimum Gasteiger partial charge on any atom is -0.464 e. The number of aromatic nitrogens is 4. The second-order valence-corrected chi connectivity index (χ2v) is 5.38. The number of hydrogen-bond donors (Lipinski definition) is 0. The highest BCUT2D eigenvalue weighted by atomic mass is 16.5. The molecule has 0 bridgehead atoms. The quantitative estimate of drug-likeness (QED) is 0.733. The number of esters is 1. The topological polar surface area (TPSA) is 76.4 Å². The Morgan fingerprint density at radius 1 is 1.22 bits per heavy atom. The molecule has 1 saturated heterocycles. The highest BCUT2D eigenvalue weighted by Gasteiger charge is 2.18. The molecule has 3 heterocycles. The second-order valence-electron chi connectivity index (χ2n) is 5.38. The smallest absolute Gasteiger partial charge is 0.360 e.